The summed E-state index contributed by atoms with van der Waals surface area (Å²) in [6, 6.07) is 16.9. The Labute approximate surface area is 162 Å². The predicted molar refractivity (Wildman–Crippen MR) is 105 cm³/mol. The van der Waals surface area contributed by atoms with E-state index in [2.05, 4.69) is 20.4 Å². The summed E-state index contributed by atoms with van der Waals surface area (Å²) in [7, 11) is 0. The first-order valence-corrected chi connectivity index (χ1v) is 8.97. The molecule has 140 valence electrons. The van der Waals surface area contributed by atoms with Crippen molar-refractivity contribution in [3.8, 4) is 17.4 Å². The topological polar surface area (TPSA) is 85.8 Å². The molecule has 0 aliphatic heterocycles. The summed E-state index contributed by atoms with van der Waals surface area (Å²) in [5.41, 5.74) is 1.11. The van der Waals surface area contributed by atoms with E-state index in [0.29, 0.717) is 29.6 Å². The molecule has 0 aliphatic carbocycles. The highest BCUT2D eigenvalue weighted by Gasteiger charge is 2.17. The fourth-order valence-corrected chi connectivity index (χ4v) is 2.85. The smallest absolute Gasteiger partial charge is 0.228 e. The normalized spacial score (nSPS) is 11.9. The zero-order chi connectivity index (χ0) is 19.3. The van der Waals surface area contributed by atoms with Crippen molar-refractivity contribution in [2.24, 2.45) is 5.92 Å². The molecule has 1 N–H and O–H groups in total. The Kier molecular flexibility index (Phi) is 4.97. The van der Waals surface area contributed by atoms with Crippen molar-refractivity contribution >= 4 is 11.7 Å². The predicted octanol–water partition coefficient (Wildman–Crippen LogP) is 3.74. The summed E-state index contributed by atoms with van der Waals surface area (Å²) in [5.74, 6) is 1.51. The first kappa shape index (κ1) is 17.7. The fraction of sp³-hybridized carbons (Fsp3) is 0.143. The van der Waals surface area contributed by atoms with Gasteiger partial charge in [-0.15, -0.1) is 0 Å². The third-order valence-corrected chi connectivity index (χ3v) is 4.28. The molecule has 3 aromatic heterocycles. The molecule has 1 aromatic carbocycles. The van der Waals surface area contributed by atoms with Crippen LogP contribution in [0, 0.1) is 5.92 Å². The van der Waals surface area contributed by atoms with Gasteiger partial charge in [-0.1, -0.05) is 37.3 Å². The summed E-state index contributed by atoms with van der Waals surface area (Å²) in [6.07, 6.45) is 5.64. The largest absolute Gasteiger partial charge is 0.461 e. The minimum Gasteiger partial charge on any atom is -0.461 e. The molecular formula is C21H19N5O2. The molecule has 0 radical (unpaired) electrons. The quantitative estimate of drug-likeness (QED) is 0.556. The molecule has 1 amide bonds. The molecule has 0 spiro atoms. The highest BCUT2D eigenvalue weighted by Crippen LogP contribution is 2.21. The van der Waals surface area contributed by atoms with Crippen molar-refractivity contribution < 1.29 is 9.21 Å². The van der Waals surface area contributed by atoms with Crippen LogP contribution in [-0.2, 0) is 11.2 Å². The van der Waals surface area contributed by atoms with Gasteiger partial charge in [0.25, 0.3) is 0 Å². The number of hydrogen-bond acceptors (Lipinski definition) is 5. The number of nitrogens with one attached hydrogen (secondary N) is 1. The highest BCUT2D eigenvalue weighted by molar-refractivity contribution is 5.92. The third kappa shape index (κ3) is 3.98. The van der Waals surface area contributed by atoms with Crippen LogP contribution in [0.1, 0.15) is 12.5 Å². The Morgan fingerprint density at radius 3 is 2.71 bits per heavy atom. The molecule has 0 saturated carbocycles. The van der Waals surface area contributed by atoms with Crippen LogP contribution in [0.3, 0.4) is 0 Å². The maximum atomic E-state index is 12.7. The zero-order valence-electron chi connectivity index (χ0n) is 15.3. The van der Waals surface area contributed by atoms with Gasteiger partial charge >= 0.3 is 0 Å². The van der Waals surface area contributed by atoms with Crippen LogP contribution in [-0.4, -0.2) is 25.7 Å². The number of furan rings is 1. The molecule has 28 heavy (non-hydrogen) atoms. The van der Waals surface area contributed by atoms with Gasteiger partial charge in [-0.3, -0.25) is 4.79 Å². The van der Waals surface area contributed by atoms with Crippen LogP contribution < -0.4 is 5.32 Å². The number of anilines is 1. The second-order valence-electron chi connectivity index (χ2n) is 6.44. The fourth-order valence-electron chi connectivity index (χ4n) is 2.85. The van der Waals surface area contributed by atoms with Gasteiger partial charge in [0.05, 0.1) is 6.26 Å². The minimum absolute atomic E-state index is 0.112. The van der Waals surface area contributed by atoms with Crippen molar-refractivity contribution in [1.29, 1.82) is 0 Å². The lowest BCUT2D eigenvalue weighted by atomic mass is 10.0. The lowest BCUT2D eigenvalue weighted by Crippen LogP contribution is -2.23. The van der Waals surface area contributed by atoms with Gasteiger partial charge < -0.3 is 9.73 Å². The minimum atomic E-state index is -0.211. The molecular weight excluding hydrogens is 354 g/mol. The van der Waals surface area contributed by atoms with Crippen molar-refractivity contribution in [2.45, 2.75) is 13.3 Å². The van der Waals surface area contributed by atoms with Gasteiger partial charge in [-0.25, -0.2) is 14.6 Å². The molecule has 0 fully saturated rings. The van der Waals surface area contributed by atoms with E-state index in [-0.39, 0.29) is 11.8 Å². The molecule has 4 rings (SSSR count). The van der Waals surface area contributed by atoms with Crippen LogP contribution in [0.5, 0.6) is 0 Å². The highest BCUT2D eigenvalue weighted by atomic mass is 16.3. The van der Waals surface area contributed by atoms with E-state index in [1.54, 1.807) is 47.6 Å². The molecule has 7 nitrogen and oxygen atoms in total. The Morgan fingerprint density at radius 1 is 1.14 bits per heavy atom. The second kappa shape index (κ2) is 7.87. The number of carbonyl (C=O) groups excluding carboxylic acids is 1. The van der Waals surface area contributed by atoms with E-state index >= 15 is 0 Å². The molecule has 0 saturated heterocycles. The third-order valence-electron chi connectivity index (χ3n) is 4.28. The van der Waals surface area contributed by atoms with Crippen LogP contribution in [0.25, 0.3) is 17.4 Å². The van der Waals surface area contributed by atoms with E-state index in [1.165, 1.54) is 0 Å². The second-order valence-corrected chi connectivity index (χ2v) is 6.44. The molecule has 4 aromatic rings. The SMILES string of the molecule is CC(Cc1ccccc1)C(=O)Nc1cc(-n2cccn2)nc(-c2ccco2)n1. The average Bonchev–Trinajstić information content (AvgIpc) is 3.42. The maximum Gasteiger partial charge on any atom is 0.228 e. The molecule has 0 bridgehead atoms. The van der Waals surface area contributed by atoms with Gasteiger partial charge in [-0.05, 0) is 30.2 Å². The lowest BCUT2D eigenvalue weighted by molar-refractivity contribution is -0.119. The first-order chi connectivity index (χ1) is 13.7. The van der Waals surface area contributed by atoms with Crippen LogP contribution >= 0.6 is 0 Å². The van der Waals surface area contributed by atoms with Crippen molar-refractivity contribution in [3.63, 3.8) is 0 Å². The number of nitrogens with zero attached hydrogens (tertiary/aromatic N) is 4. The van der Waals surface area contributed by atoms with E-state index in [9.17, 15) is 4.79 Å². The Bertz CT molecular complexity index is 991. The van der Waals surface area contributed by atoms with Crippen LogP contribution in [0.4, 0.5) is 5.82 Å². The van der Waals surface area contributed by atoms with Gasteiger partial charge in [-0.2, -0.15) is 5.10 Å². The number of amides is 1. The Balaban J connectivity index is 1.59. The maximum absolute atomic E-state index is 12.7. The summed E-state index contributed by atoms with van der Waals surface area (Å²) >= 11 is 0. The van der Waals surface area contributed by atoms with Crippen molar-refractivity contribution in [2.75, 3.05) is 5.32 Å². The van der Waals surface area contributed by atoms with Crippen molar-refractivity contribution in [3.05, 3.63) is 78.8 Å². The number of benzene rings is 1. The molecule has 1 atom stereocenters. The summed E-state index contributed by atoms with van der Waals surface area (Å²) < 4.78 is 7.02. The van der Waals surface area contributed by atoms with E-state index < -0.39 is 0 Å². The summed E-state index contributed by atoms with van der Waals surface area (Å²) in [5, 5.41) is 7.10. The molecule has 1 unspecified atom stereocenters. The monoisotopic (exact) mass is 373 g/mol. The van der Waals surface area contributed by atoms with Gasteiger partial charge in [0.15, 0.2) is 17.4 Å². The number of rotatable bonds is 6. The molecule has 0 aliphatic rings. The first-order valence-electron chi connectivity index (χ1n) is 8.97. The summed E-state index contributed by atoms with van der Waals surface area (Å²) in [4.78, 5) is 21.6. The number of aromatic nitrogens is 4. The number of hydrogen-bond donors (Lipinski definition) is 1. The van der Waals surface area contributed by atoms with E-state index in [4.69, 9.17) is 4.42 Å². The average molecular weight is 373 g/mol. The lowest BCUT2D eigenvalue weighted by Gasteiger charge is -2.13. The van der Waals surface area contributed by atoms with Gasteiger partial charge in [0, 0.05) is 24.4 Å². The van der Waals surface area contributed by atoms with Crippen LogP contribution in [0.15, 0.2) is 77.7 Å². The van der Waals surface area contributed by atoms with Gasteiger partial charge in [0.2, 0.25) is 5.91 Å². The molecule has 3 heterocycles. The standard InChI is InChI=1S/C21H19N5O2/c1-15(13-16-7-3-2-4-8-16)21(27)24-18-14-19(26-11-6-10-22-26)25-20(23-18)17-9-5-12-28-17/h2-12,14-15H,13H2,1H3,(H,23,24,25,27). The zero-order valence-corrected chi connectivity index (χ0v) is 15.3. The van der Waals surface area contributed by atoms with Crippen LogP contribution in [0.2, 0.25) is 0 Å². The van der Waals surface area contributed by atoms with E-state index in [0.717, 1.165) is 5.56 Å². The summed E-state index contributed by atoms with van der Waals surface area (Å²) in [6.45, 7) is 1.89. The van der Waals surface area contributed by atoms with E-state index in [1.807, 2.05) is 37.3 Å². The molecule has 7 heteroatoms. The van der Waals surface area contributed by atoms with Crippen molar-refractivity contribution in [1.82, 2.24) is 19.7 Å². The number of carbonyl (C=O) groups is 1. The Hall–Kier alpha value is -3.74. The van der Waals surface area contributed by atoms with Gasteiger partial charge in [0.1, 0.15) is 5.82 Å². The Morgan fingerprint density at radius 2 is 2.00 bits per heavy atom.